The number of hydrogen-bond acceptors (Lipinski definition) is 5. The Hall–Kier alpha value is -1.67. The summed E-state index contributed by atoms with van der Waals surface area (Å²) >= 11 is 0. The van der Waals surface area contributed by atoms with E-state index in [9.17, 15) is 8.42 Å². The van der Waals surface area contributed by atoms with Crippen molar-refractivity contribution in [1.82, 2.24) is 20.3 Å². The standard InChI is InChI=1S/C12H19N5O2S/c1-3-17(4-2)7-8-20(18,19)15-10-5-6-11-12(9-10)14-16-13-11/h5-6,9,15H,3-4,7-8H2,1-2H3,(H,13,14,16). The normalized spacial score (nSPS) is 12.2. The lowest BCUT2D eigenvalue weighted by Gasteiger charge is -2.18. The average molecular weight is 297 g/mol. The van der Waals surface area contributed by atoms with E-state index in [-0.39, 0.29) is 5.75 Å². The largest absolute Gasteiger partial charge is 0.303 e. The van der Waals surface area contributed by atoms with Gasteiger partial charge in [0.15, 0.2) is 0 Å². The van der Waals surface area contributed by atoms with Crippen molar-refractivity contribution in [3.05, 3.63) is 18.2 Å². The topological polar surface area (TPSA) is 91.0 Å². The first kappa shape index (κ1) is 14.7. The van der Waals surface area contributed by atoms with Crippen LogP contribution in [-0.4, -0.2) is 54.1 Å². The van der Waals surface area contributed by atoms with Crippen molar-refractivity contribution in [2.24, 2.45) is 0 Å². The summed E-state index contributed by atoms with van der Waals surface area (Å²) in [5.41, 5.74) is 1.84. The smallest absolute Gasteiger partial charge is 0.233 e. The molecule has 1 heterocycles. The van der Waals surface area contributed by atoms with Crippen molar-refractivity contribution >= 4 is 26.7 Å². The molecule has 0 aliphatic rings. The van der Waals surface area contributed by atoms with E-state index in [2.05, 4.69) is 25.0 Å². The highest BCUT2D eigenvalue weighted by Gasteiger charge is 2.13. The van der Waals surface area contributed by atoms with Crippen LogP contribution in [0.4, 0.5) is 5.69 Å². The summed E-state index contributed by atoms with van der Waals surface area (Å²) in [7, 11) is -3.35. The minimum Gasteiger partial charge on any atom is -0.303 e. The third kappa shape index (κ3) is 3.67. The van der Waals surface area contributed by atoms with Gasteiger partial charge in [0.1, 0.15) is 11.0 Å². The number of sulfonamides is 1. The van der Waals surface area contributed by atoms with E-state index in [1.165, 1.54) is 0 Å². The van der Waals surface area contributed by atoms with Crippen molar-refractivity contribution in [3.8, 4) is 0 Å². The van der Waals surface area contributed by atoms with Crippen LogP contribution in [0.3, 0.4) is 0 Å². The molecule has 0 fully saturated rings. The minimum absolute atomic E-state index is 0.0749. The molecule has 7 nitrogen and oxygen atoms in total. The van der Waals surface area contributed by atoms with Gasteiger partial charge in [-0.3, -0.25) is 4.72 Å². The molecule has 0 spiro atoms. The number of H-pyrrole nitrogens is 1. The van der Waals surface area contributed by atoms with Crippen molar-refractivity contribution in [2.75, 3.05) is 30.1 Å². The summed E-state index contributed by atoms with van der Waals surface area (Å²) in [4.78, 5) is 2.07. The van der Waals surface area contributed by atoms with Gasteiger partial charge in [0.25, 0.3) is 0 Å². The van der Waals surface area contributed by atoms with Crippen molar-refractivity contribution < 1.29 is 8.42 Å². The van der Waals surface area contributed by atoms with Gasteiger partial charge in [0, 0.05) is 6.54 Å². The third-order valence-corrected chi connectivity index (χ3v) is 4.43. The second-order valence-electron chi connectivity index (χ2n) is 4.47. The highest BCUT2D eigenvalue weighted by atomic mass is 32.2. The van der Waals surface area contributed by atoms with Gasteiger partial charge in [-0.05, 0) is 31.3 Å². The first-order valence-corrected chi connectivity index (χ1v) is 8.22. The highest BCUT2D eigenvalue weighted by molar-refractivity contribution is 7.92. The predicted octanol–water partition coefficient (Wildman–Crippen LogP) is 1.04. The Balaban J connectivity index is 2.03. The van der Waals surface area contributed by atoms with Gasteiger partial charge in [0.05, 0.1) is 11.4 Å². The number of aromatic nitrogens is 3. The van der Waals surface area contributed by atoms with Crippen molar-refractivity contribution in [1.29, 1.82) is 0 Å². The van der Waals surface area contributed by atoms with Gasteiger partial charge in [-0.25, -0.2) is 8.42 Å². The summed E-state index contributed by atoms with van der Waals surface area (Å²) in [5, 5.41) is 10.3. The van der Waals surface area contributed by atoms with E-state index in [0.717, 1.165) is 13.1 Å². The molecule has 0 unspecified atom stereocenters. The molecule has 2 aromatic rings. The Bertz CT molecular complexity index is 663. The zero-order valence-electron chi connectivity index (χ0n) is 11.6. The molecular weight excluding hydrogens is 278 g/mol. The Morgan fingerprint density at radius 2 is 1.90 bits per heavy atom. The van der Waals surface area contributed by atoms with E-state index in [4.69, 9.17) is 0 Å². The van der Waals surface area contributed by atoms with Crippen LogP contribution < -0.4 is 4.72 Å². The van der Waals surface area contributed by atoms with E-state index in [1.807, 2.05) is 13.8 Å². The molecule has 0 aliphatic carbocycles. The summed E-state index contributed by atoms with van der Waals surface area (Å²) in [6, 6.07) is 5.06. The van der Waals surface area contributed by atoms with Crippen molar-refractivity contribution in [2.45, 2.75) is 13.8 Å². The summed E-state index contributed by atoms with van der Waals surface area (Å²) in [6.45, 7) is 6.24. The van der Waals surface area contributed by atoms with Crippen LogP contribution in [0.1, 0.15) is 13.8 Å². The fourth-order valence-electron chi connectivity index (χ4n) is 1.92. The number of hydrogen-bond donors (Lipinski definition) is 2. The minimum atomic E-state index is -3.35. The molecule has 0 radical (unpaired) electrons. The molecule has 110 valence electrons. The first-order valence-electron chi connectivity index (χ1n) is 6.57. The molecule has 1 aromatic heterocycles. The van der Waals surface area contributed by atoms with Gasteiger partial charge in [-0.15, -0.1) is 0 Å². The van der Waals surface area contributed by atoms with Gasteiger partial charge >= 0.3 is 0 Å². The molecule has 2 N–H and O–H groups in total. The fourth-order valence-corrected chi connectivity index (χ4v) is 3.01. The zero-order chi connectivity index (χ0) is 14.6. The lowest BCUT2D eigenvalue weighted by atomic mass is 10.3. The lowest BCUT2D eigenvalue weighted by molar-refractivity contribution is 0.322. The monoisotopic (exact) mass is 297 g/mol. The predicted molar refractivity (Wildman–Crippen MR) is 79.1 cm³/mol. The number of anilines is 1. The highest BCUT2D eigenvalue weighted by Crippen LogP contribution is 2.16. The molecule has 0 amide bonds. The number of fused-ring (bicyclic) bond motifs is 1. The van der Waals surface area contributed by atoms with Crippen LogP contribution in [0, 0.1) is 0 Å². The van der Waals surface area contributed by atoms with E-state index in [1.54, 1.807) is 18.2 Å². The molecule has 8 heteroatoms. The Labute approximate surface area is 118 Å². The maximum absolute atomic E-state index is 12.0. The number of nitrogens with one attached hydrogen (secondary N) is 2. The number of benzene rings is 1. The van der Waals surface area contributed by atoms with Gasteiger partial charge in [-0.1, -0.05) is 13.8 Å². The van der Waals surface area contributed by atoms with Crippen LogP contribution in [0.5, 0.6) is 0 Å². The summed E-state index contributed by atoms with van der Waals surface area (Å²) in [5.74, 6) is 0.0749. The average Bonchev–Trinajstić information content (AvgIpc) is 2.86. The quantitative estimate of drug-likeness (QED) is 0.797. The molecule has 0 atom stereocenters. The van der Waals surface area contributed by atoms with Crippen LogP contribution in [0.15, 0.2) is 18.2 Å². The fraction of sp³-hybridized carbons (Fsp3) is 0.500. The van der Waals surface area contributed by atoms with Crippen LogP contribution in [-0.2, 0) is 10.0 Å². The number of aromatic amines is 1. The van der Waals surface area contributed by atoms with Gasteiger partial charge in [-0.2, -0.15) is 15.4 Å². The molecule has 0 saturated carbocycles. The Morgan fingerprint density at radius 3 is 2.60 bits per heavy atom. The second kappa shape index (κ2) is 6.19. The maximum Gasteiger partial charge on any atom is 0.233 e. The summed E-state index contributed by atoms with van der Waals surface area (Å²) in [6.07, 6.45) is 0. The van der Waals surface area contributed by atoms with Crippen LogP contribution >= 0.6 is 0 Å². The third-order valence-electron chi connectivity index (χ3n) is 3.16. The van der Waals surface area contributed by atoms with Crippen LogP contribution in [0.2, 0.25) is 0 Å². The van der Waals surface area contributed by atoms with Crippen LogP contribution in [0.25, 0.3) is 11.0 Å². The molecule has 2 rings (SSSR count). The van der Waals surface area contributed by atoms with Crippen molar-refractivity contribution in [3.63, 3.8) is 0 Å². The number of nitrogens with zero attached hydrogens (tertiary/aromatic N) is 3. The van der Waals surface area contributed by atoms with E-state index < -0.39 is 10.0 Å². The SMILES string of the molecule is CCN(CC)CCS(=O)(=O)Nc1ccc2n[nH]nc2c1. The Morgan fingerprint density at radius 1 is 1.20 bits per heavy atom. The maximum atomic E-state index is 12.0. The van der Waals surface area contributed by atoms with E-state index in [0.29, 0.717) is 23.3 Å². The molecule has 20 heavy (non-hydrogen) atoms. The lowest BCUT2D eigenvalue weighted by Crippen LogP contribution is -2.31. The molecular formula is C12H19N5O2S. The number of rotatable bonds is 7. The molecule has 1 aromatic carbocycles. The van der Waals surface area contributed by atoms with E-state index >= 15 is 0 Å². The zero-order valence-corrected chi connectivity index (χ0v) is 12.4. The molecule has 0 saturated heterocycles. The molecule has 0 aliphatic heterocycles. The van der Waals surface area contributed by atoms with Gasteiger partial charge in [0.2, 0.25) is 10.0 Å². The Kier molecular flexibility index (Phi) is 4.56. The van der Waals surface area contributed by atoms with Gasteiger partial charge < -0.3 is 4.90 Å². The first-order chi connectivity index (χ1) is 9.54. The second-order valence-corrected chi connectivity index (χ2v) is 6.32. The molecule has 0 bridgehead atoms. The summed E-state index contributed by atoms with van der Waals surface area (Å²) < 4.78 is 26.6.